The summed E-state index contributed by atoms with van der Waals surface area (Å²) in [5.74, 6) is -1.89. The van der Waals surface area contributed by atoms with Crippen LogP contribution in [0.15, 0.2) is 103 Å². The Morgan fingerprint density at radius 2 is 0.969 bits per heavy atom. The van der Waals surface area contributed by atoms with Crippen molar-refractivity contribution in [1.82, 2.24) is 0 Å². The number of aldehydes is 1. The molecule has 32 heavy (non-hydrogen) atoms. The zero-order chi connectivity index (χ0) is 22.9. The minimum absolute atomic E-state index is 0.196. The van der Waals surface area contributed by atoms with E-state index in [4.69, 9.17) is 10.2 Å². The zero-order valence-corrected chi connectivity index (χ0v) is 17.0. The summed E-state index contributed by atoms with van der Waals surface area (Å²) >= 11 is 0. The van der Waals surface area contributed by atoms with Crippen molar-refractivity contribution in [3.63, 3.8) is 0 Å². The minimum atomic E-state index is -0.999. The summed E-state index contributed by atoms with van der Waals surface area (Å²) in [5, 5.41) is 18.1. The molecule has 5 nitrogen and oxygen atoms in total. The molecule has 0 aliphatic heterocycles. The van der Waals surface area contributed by atoms with Gasteiger partial charge in [0.05, 0.1) is 11.1 Å². The monoisotopic (exact) mass is 424 g/mol. The zero-order valence-electron chi connectivity index (χ0n) is 17.0. The van der Waals surface area contributed by atoms with Gasteiger partial charge in [0, 0.05) is 5.56 Å². The molecule has 158 valence electrons. The van der Waals surface area contributed by atoms with E-state index in [9.17, 15) is 14.4 Å². The molecule has 0 heterocycles. The standard InChI is InChI=1S/C14H10O3.C13H10O2/c15-9-10-5-1-2-6-11(10)12-7-3-4-8-13(12)14(16)17;14-13(15)12-9-5-4-8-11(12)10-6-2-1-3-7-10/h1-9H,(H,16,17);1-9H,(H,14,15). The van der Waals surface area contributed by atoms with Crippen LogP contribution in [-0.4, -0.2) is 28.4 Å². The first-order chi connectivity index (χ1) is 15.5. The SMILES string of the molecule is O=C(O)c1ccccc1-c1ccccc1.O=Cc1ccccc1-c1ccccc1C(=O)O. The topological polar surface area (TPSA) is 91.7 Å². The van der Waals surface area contributed by atoms with E-state index in [0.717, 1.165) is 17.4 Å². The highest BCUT2D eigenvalue weighted by Gasteiger charge is 2.13. The summed E-state index contributed by atoms with van der Waals surface area (Å²) in [6.45, 7) is 0. The second-order valence-electron chi connectivity index (χ2n) is 6.77. The molecule has 0 radical (unpaired) electrons. The maximum absolute atomic E-state index is 11.1. The number of benzene rings is 4. The second kappa shape index (κ2) is 10.5. The molecule has 0 saturated carbocycles. The smallest absolute Gasteiger partial charge is 0.336 e. The average molecular weight is 424 g/mol. The van der Waals surface area contributed by atoms with Crippen molar-refractivity contribution in [1.29, 1.82) is 0 Å². The molecule has 0 atom stereocenters. The van der Waals surface area contributed by atoms with Gasteiger partial charge in [-0.1, -0.05) is 91.0 Å². The van der Waals surface area contributed by atoms with E-state index in [0.29, 0.717) is 22.3 Å². The molecule has 0 bridgehead atoms. The van der Waals surface area contributed by atoms with E-state index in [1.807, 2.05) is 42.5 Å². The van der Waals surface area contributed by atoms with Gasteiger partial charge in [-0.15, -0.1) is 0 Å². The summed E-state index contributed by atoms with van der Waals surface area (Å²) in [6.07, 6.45) is 0.730. The second-order valence-corrected chi connectivity index (χ2v) is 6.77. The molecular formula is C27H20O5. The Morgan fingerprint density at radius 3 is 1.53 bits per heavy atom. The van der Waals surface area contributed by atoms with Gasteiger partial charge in [-0.3, -0.25) is 4.79 Å². The van der Waals surface area contributed by atoms with E-state index in [1.165, 1.54) is 6.07 Å². The molecule has 4 rings (SSSR count). The number of carbonyl (C=O) groups is 3. The molecule has 4 aromatic carbocycles. The molecule has 0 unspecified atom stereocenters. The number of hydrogen-bond donors (Lipinski definition) is 2. The molecular weight excluding hydrogens is 404 g/mol. The fourth-order valence-corrected chi connectivity index (χ4v) is 3.29. The lowest BCUT2D eigenvalue weighted by atomic mass is 9.96. The minimum Gasteiger partial charge on any atom is -0.478 e. The van der Waals surface area contributed by atoms with Crippen molar-refractivity contribution in [2.75, 3.05) is 0 Å². The highest BCUT2D eigenvalue weighted by molar-refractivity contribution is 5.99. The third-order valence-corrected chi connectivity index (χ3v) is 4.78. The van der Waals surface area contributed by atoms with Crippen molar-refractivity contribution < 1.29 is 24.6 Å². The Labute approximate surface area is 185 Å². The largest absolute Gasteiger partial charge is 0.478 e. The molecule has 2 N–H and O–H groups in total. The summed E-state index contributed by atoms with van der Waals surface area (Å²) < 4.78 is 0. The van der Waals surface area contributed by atoms with Crippen LogP contribution in [0.1, 0.15) is 31.1 Å². The number of aromatic carboxylic acids is 2. The van der Waals surface area contributed by atoms with Crippen LogP contribution >= 0.6 is 0 Å². The number of carboxylic acids is 2. The summed E-state index contributed by atoms with van der Waals surface area (Å²) in [5.41, 5.74) is 3.90. The first-order valence-electron chi connectivity index (χ1n) is 9.77. The van der Waals surface area contributed by atoms with Crippen LogP contribution in [0.3, 0.4) is 0 Å². The van der Waals surface area contributed by atoms with Gasteiger partial charge < -0.3 is 10.2 Å². The number of carbonyl (C=O) groups excluding carboxylic acids is 1. The fraction of sp³-hybridized carbons (Fsp3) is 0. The lowest BCUT2D eigenvalue weighted by Crippen LogP contribution is -2.00. The van der Waals surface area contributed by atoms with Gasteiger partial charge in [0.1, 0.15) is 0 Å². The molecule has 0 fully saturated rings. The van der Waals surface area contributed by atoms with Gasteiger partial charge in [-0.2, -0.15) is 0 Å². The molecule has 0 aliphatic carbocycles. The number of hydrogen-bond acceptors (Lipinski definition) is 3. The normalized spacial score (nSPS) is 9.88. The lowest BCUT2D eigenvalue weighted by Gasteiger charge is -2.07. The van der Waals surface area contributed by atoms with Gasteiger partial charge in [0.2, 0.25) is 0 Å². The summed E-state index contributed by atoms with van der Waals surface area (Å²) in [7, 11) is 0. The Hall–Kier alpha value is -4.51. The van der Waals surface area contributed by atoms with Gasteiger partial charge >= 0.3 is 11.9 Å². The van der Waals surface area contributed by atoms with E-state index in [2.05, 4.69) is 0 Å². The maximum Gasteiger partial charge on any atom is 0.336 e. The van der Waals surface area contributed by atoms with Crippen LogP contribution in [0.5, 0.6) is 0 Å². The van der Waals surface area contributed by atoms with Crippen molar-refractivity contribution in [2.45, 2.75) is 0 Å². The van der Waals surface area contributed by atoms with Gasteiger partial charge in [0.15, 0.2) is 6.29 Å². The van der Waals surface area contributed by atoms with Crippen molar-refractivity contribution in [3.05, 3.63) is 120 Å². The summed E-state index contributed by atoms with van der Waals surface area (Å²) in [6, 6.07) is 30.1. The van der Waals surface area contributed by atoms with Crippen LogP contribution < -0.4 is 0 Å². The van der Waals surface area contributed by atoms with E-state index >= 15 is 0 Å². The quantitative estimate of drug-likeness (QED) is 0.388. The van der Waals surface area contributed by atoms with Crippen LogP contribution in [0.4, 0.5) is 0 Å². The van der Waals surface area contributed by atoms with Crippen molar-refractivity contribution in [3.8, 4) is 22.3 Å². The van der Waals surface area contributed by atoms with E-state index in [1.54, 1.807) is 54.6 Å². The van der Waals surface area contributed by atoms with Gasteiger partial charge in [-0.05, 0) is 34.4 Å². The Morgan fingerprint density at radius 1 is 0.531 bits per heavy atom. The van der Waals surface area contributed by atoms with Crippen LogP contribution in [-0.2, 0) is 0 Å². The van der Waals surface area contributed by atoms with Crippen molar-refractivity contribution >= 4 is 18.2 Å². The number of rotatable bonds is 5. The third kappa shape index (κ3) is 5.15. The number of carboxylic acid groups (broad SMARTS) is 2. The lowest BCUT2D eigenvalue weighted by molar-refractivity contribution is 0.0687. The maximum atomic E-state index is 11.1. The fourth-order valence-electron chi connectivity index (χ4n) is 3.29. The molecule has 0 spiro atoms. The Kier molecular flexibility index (Phi) is 7.28. The first kappa shape index (κ1) is 22.2. The molecule has 0 amide bonds. The van der Waals surface area contributed by atoms with Crippen LogP contribution in [0.25, 0.3) is 22.3 Å². The van der Waals surface area contributed by atoms with Crippen molar-refractivity contribution in [2.24, 2.45) is 0 Å². The Bertz CT molecular complexity index is 1250. The third-order valence-electron chi connectivity index (χ3n) is 4.78. The van der Waals surface area contributed by atoms with Gasteiger partial charge in [-0.25, -0.2) is 9.59 Å². The van der Waals surface area contributed by atoms with Gasteiger partial charge in [0.25, 0.3) is 0 Å². The predicted octanol–water partition coefficient (Wildman–Crippen LogP) is 5.92. The highest BCUT2D eigenvalue weighted by Crippen LogP contribution is 2.26. The molecule has 0 saturated heterocycles. The predicted molar refractivity (Wildman–Crippen MR) is 123 cm³/mol. The van der Waals surface area contributed by atoms with Crippen LogP contribution in [0.2, 0.25) is 0 Å². The molecule has 0 aliphatic rings. The van der Waals surface area contributed by atoms with Crippen LogP contribution in [0, 0.1) is 0 Å². The van der Waals surface area contributed by atoms with E-state index < -0.39 is 11.9 Å². The summed E-state index contributed by atoms with van der Waals surface area (Å²) in [4.78, 5) is 33.0. The van der Waals surface area contributed by atoms with E-state index in [-0.39, 0.29) is 5.56 Å². The Balaban J connectivity index is 0.000000182. The molecule has 4 aromatic rings. The highest BCUT2D eigenvalue weighted by atomic mass is 16.4. The molecule has 0 aromatic heterocycles. The first-order valence-corrected chi connectivity index (χ1v) is 9.77. The molecule has 5 heteroatoms. The average Bonchev–Trinajstić information content (AvgIpc) is 2.85.